The van der Waals surface area contributed by atoms with Gasteiger partial charge in [-0.15, -0.1) is 0 Å². The highest BCUT2D eigenvalue weighted by molar-refractivity contribution is 5.69. The van der Waals surface area contributed by atoms with Gasteiger partial charge in [0.25, 0.3) is 0 Å². The van der Waals surface area contributed by atoms with Crippen molar-refractivity contribution in [2.24, 2.45) is 0 Å². The Balaban J connectivity index is 3.57. The van der Waals surface area contributed by atoms with Crippen molar-refractivity contribution in [1.29, 1.82) is 0 Å². The third-order valence-electron chi connectivity index (χ3n) is 8.98. The van der Waals surface area contributed by atoms with E-state index in [4.69, 9.17) is 9.47 Å². The number of unbranched alkanes of at least 4 members (excludes halogenated alkanes) is 17. The molecule has 1 unspecified atom stereocenters. The SMILES string of the molecule is CC/C=C\C/C=C\C/C=C\C/C=C\C/C=C\C/C=C\C/C=C\CCCCCC(=O)OC(CO)COCCCCCCCCCCCCCCCCC. The minimum absolute atomic E-state index is 0.188. The number of hydrogen-bond donors (Lipinski definition) is 1. The van der Waals surface area contributed by atoms with Crippen LogP contribution in [0.3, 0.4) is 0 Å². The summed E-state index contributed by atoms with van der Waals surface area (Å²) in [5.74, 6) is -0.234. The minimum Gasteiger partial charge on any atom is -0.457 e. The van der Waals surface area contributed by atoms with E-state index in [0.717, 1.165) is 77.0 Å². The summed E-state index contributed by atoms with van der Waals surface area (Å²) >= 11 is 0. The molecule has 0 amide bonds. The van der Waals surface area contributed by atoms with E-state index in [0.29, 0.717) is 13.0 Å². The van der Waals surface area contributed by atoms with Gasteiger partial charge in [-0.25, -0.2) is 0 Å². The van der Waals surface area contributed by atoms with Gasteiger partial charge in [0, 0.05) is 13.0 Å². The molecule has 52 heavy (non-hydrogen) atoms. The van der Waals surface area contributed by atoms with E-state index in [-0.39, 0.29) is 19.2 Å². The van der Waals surface area contributed by atoms with E-state index in [1.807, 2.05) is 0 Å². The molecule has 0 aliphatic rings. The van der Waals surface area contributed by atoms with Crippen molar-refractivity contribution in [3.63, 3.8) is 0 Å². The molecule has 0 rings (SSSR count). The Bertz CT molecular complexity index is 938. The normalized spacial score (nSPS) is 13.2. The first-order valence-electron chi connectivity index (χ1n) is 21.7. The Morgan fingerprint density at radius 3 is 1.29 bits per heavy atom. The van der Waals surface area contributed by atoms with Gasteiger partial charge in [-0.05, 0) is 70.6 Å². The third-order valence-corrected chi connectivity index (χ3v) is 8.98. The molecule has 0 aromatic carbocycles. The summed E-state index contributed by atoms with van der Waals surface area (Å²) in [6.45, 7) is 5.20. The number of hydrogen-bond acceptors (Lipinski definition) is 4. The van der Waals surface area contributed by atoms with Crippen molar-refractivity contribution < 1.29 is 19.4 Å². The first-order valence-corrected chi connectivity index (χ1v) is 21.7. The molecule has 0 saturated carbocycles. The van der Waals surface area contributed by atoms with Gasteiger partial charge in [0.05, 0.1) is 13.2 Å². The van der Waals surface area contributed by atoms with Crippen LogP contribution in [0.25, 0.3) is 0 Å². The average molecular weight is 723 g/mol. The lowest BCUT2D eigenvalue weighted by Crippen LogP contribution is -2.27. The number of aliphatic hydroxyl groups is 1. The number of allylic oxidation sites excluding steroid dienone is 14. The lowest BCUT2D eigenvalue weighted by Gasteiger charge is -2.15. The maximum Gasteiger partial charge on any atom is 0.306 e. The van der Waals surface area contributed by atoms with Gasteiger partial charge < -0.3 is 14.6 Å². The van der Waals surface area contributed by atoms with Crippen LogP contribution in [-0.2, 0) is 14.3 Å². The lowest BCUT2D eigenvalue weighted by molar-refractivity contribution is -0.154. The summed E-state index contributed by atoms with van der Waals surface area (Å²) in [6.07, 6.45) is 62.1. The van der Waals surface area contributed by atoms with Crippen LogP contribution < -0.4 is 0 Å². The number of ether oxygens (including phenoxy) is 2. The molecule has 0 saturated heterocycles. The fourth-order valence-corrected chi connectivity index (χ4v) is 5.78. The topological polar surface area (TPSA) is 55.8 Å². The highest BCUT2D eigenvalue weighted by Gasteiger charge is 2.13. The molecule has 1 atom stereocenters. The second-order valence-corrected chi connectivity index (χ2v) is 14.0. The summed E-state index contributed by atoms with van der Waals surface area (Å²) in [5.41, 5.74) is 0. The van der Waals surface area contributed by atoms with Gasteiger partial charge in [-0.2, -0.15) is 0 Å². The van der Waals surface area contributed by atoms with E-state index < -0.39 is 6.10 Å². The van der Waals surface area contributed by atoms with E-state index >= 15 is 0 Å². The molecule has 0 fully saturated rings. The molecule has 0 aliphatic carbocycles. The smallest absolute Gasteiger partial charge is 0.306 e. The lowest BCUT2D eigenvalue weighted by atomic mass is 10.0. The molecule has 0 spiro atoms. The van der Waals surface area contributed by atoms with Crippen molar-refractivity contribution in [3.8, 4) is 0 Å². The number of carbonyl (C=O) groups is 1. The number of carbonyl (C=O) groups excluding carboxylic acids is 1. The predicted molar refractivity (Wildman–Crippen MR) is 228 cm³/mol. The summed E-state index contributed by atoms with van der Waals surface area (Å²) in [4.78, 5) is 12.2. The Kier molecular flexibility index (Phi) is 42.6. The van der Waals surface area contributed by atoms with Crippen LogP contribution in [0.1, 0.15) is 187 Å². The van der Waals surface area contributed by atoms with Gasteiger partial charge in [0.2, 0.25) is 0 Å². The van der Waals surface area contributed by atoms with Gasteiger partial charge >= 0.3 is 5.97 Å². The van der Waals surface area contributed by atoms with Crippen LogP contribution in [-0.4, -0.2) is 37.0 Å². The van der Waals surface area contributed by atoms with E-state index in [9.17, 15) is 9.90 Å². The third kappa shape index (κ3) is 42.0. The molecular formula is C48H82O4. The molecule has 4 heteroatoms. The summed E-state index contributed by atoms with van der Waals surface area (Å²) in [5, 5.41) is 9.60. The molecule has 0 aromatic rings. The molecule has 0 heterocycles. The summed E-state index contributed by atoms with van der Waals surface area (Å²) in [7, 11) is 0. The van der Waals surface area contributed by atoms with Crippen LogP contribution in [0.15, 0.2) is 85.1 Å². The van der Waals surface area contributed by atoms with Gasteiger partial charge in [-0.3, -0.25) is 4.79 Å². The van der Waals surface area contributed by atoms with Crippen molar-refractivity contribution >= 4 is 5.97 Å². The molecule has 0 aliphatic heterocycles. The Morgan fingerprint density at radius 2 is 0.865 bits per heavy atom. The molecule has 298 valence electrons. The van der Waals surface area contributed by atoms with E-state index in [2.05, 4.69) is 98.9 Å². The monoisotopic (exact) mass is 723 g/mol. The maximum absolute atomic E-state index is 12.2. The average Bonchev–Trinajstić information content (AvgIpc) is 3.15. The second kappa shape index (κ2) is 44.7. The largest absolute Gasteiger partial charge is 0.457 e. The predicted octanol–water partition coefficient (Wildman–Crippen LogP) is 14.4. The fraction of sp³-hybridized carbons (Fsp3) is 0.688. The van der Waals surface area contributed by atoms with Crippen LogP contribution in [0, 0.1) is 0 Å². The van der Waals surface area contributed by atoms with Crippen molar-refractivity contribution in [3.05, 3.63) is 85.1 Å². The Hall–Kier alpha value is -2.43. The zero-order chi connectivity index (χ0) is 37.7. The standard InChI is InChI=1S/C48H82O4/c1-3-5-7-9-11-13-15-17-19-20-21-22-23-24-25-26-27-28-29-31-33-35-37-39-41-43-48(50)52-47(45-49)46-51-44-42-40-38-36-34-32-30-18-16-14-12-10-8-6-4-2/h5,7,11,13,17,19,21-22,24-25,27-28,31,33,47,49H,3-4,6,8-10,12,14-16,18,20,23,26,29-30,32,34-46H2,1-2H3/b7-5-,13-11-,19-17-,22-21-,25-24-,28-27-,33-31-. The summed E-state index contributed by atoms with van der Waals surface area (Å²) < 4.78 is 11.1. The van der Waals surface area contributed by atoms with E-state index in [1.165, 1.54) is 89.9 Å². The number of aliphatic hydroxyl groups excluding tert-OH is 1. The minimum atomic E-state index is -0.555. The van der Waals surface area contributed by atoms with Crippen molar-refractivity contribution in [2.45, 2.75) is 193 Å². The van der Waals surface area contributed by atoms with E-state index in [1.54, 1.807) is 0 Å². The first-order chi connectivity index (χ1) is 25.7. The zero-order valence-electron chi connectivity index (χ0n) is 34.0. The first kappa shape index (κ1) is 49.6. The van der Waals surface area contributed by atoms with Crippen LogP contribution >= 0.6 is 0 Å². The highest BCUT2D eigenvalue weighted by atomic mass is 16.6. The zero-order valence-corrected chi connectivity index (χ0v) is 34.0. The van der Waals surface area contributed by atoms with Gasteiger partial charge in [0.15, 0.2) is 0 Å². The molecule has 0 radical (unpaired) electrons. The van der Waals surface area contributed by atoms with Crippen LogP contribution in [0.4, 0.5) is 0 Å². The number of esters is 1. The quantitative estimate of drug-likeness (QED) is 0.0390. The molecule has 4 nitrogen and oxygen atoms in total. The highest BCUT2D eigenvalue weighted by Crippen LogP contribution is 2.14. The number of rotatable bonds is 39. The van der Waals surface area contributed by atoms with Crippen LogP contribution in [0.2, 0.25) is 0 Å². The Morgan fingerprint density at radius 1 is 0.481 bits per heavy atom. The Labute approximate surface area is 322 Å². The second-order valence-electron chi connectivity index (χ2n) is 14.0. The molecular weight excluding hydrogens is 641 g/mol. The molecule has 0 bridgehead atoms. The van der Waals surface area contributed by atoms with Gasteiger partial charge in [-0.1, -0.05) is 195 Å². The van der Waals surface area contributed by atoms with Crippen LogP contribution in [0.5, 0.6) is 0 Å². The van der Waals surface area contributed by atoms with Crippen molar-refractivity contribution in [2.75, 3.05) is 19.8 Å². The fourth-order valence-electron chi connectivity index (χ4n) is 5.78. The summed E-state index contributed by atoms with van der Waals surface area (Å²) in [6, 6.07) is 0. The van der Waals surface area contributed by atoms with Crippen molar-refractivity contribution in [1.82, 2.24) is 0 Å². The molecule has 0 aromatic heterocycles. The molecule has 1 N–H and O–H groups in total. The maximum atomic E-state index is 12.2. The van der Waals surface area contributed by atoms with Gasteiger partial charge in [0.1, 0.15) is 6.10 Å².